The normalized spacial score (nSPS) is 41.3. The maximum atomic E-state index is 10.4. The van der Waals surface area contributed by atoms with Gasteiger partial charge in [-0.15, -0.1) is 0 Å². The lowest BCUT2D eigenvalue weighted by atomic mass is 9.55. The topological polar surface area (TPSA) is 40.5 Å². The molecule has 0 radical (unpaired) electrons. The van der Waals surface area contributed by atoms with Gasteiger partial charge in [0.25, 0.3) is 0 Å². The number of benzene rings is 1. The molecule has 0 amide bonds. The summed E-state index contributed by atoms with van der Waals surface area (Å²) >= 11 is 0. The van der Waals surface area contributed by atoms with Crippen molar-refractivity contribution in [2.24, 2.45) is 17.3 Å². The first kappa shape index (κ1) is 13.6. The minimum absolute atomic E-state index is 0.0919. The number of hydrogen-bond acceptors (Lipinski definition) is 2. The molecule has 114 valence electrons. The molecular weight excluding hydrogens is 260 g/mol. The third-order valence-electron chi connectivity index (χ3n) is 6.96. The molecule has 2 N–H and O–H groups in total. The average Bonchev–Trinajstić information content (AvgIpc) is 2.74. The van der Waals surface area contributed by atoms with Crippen molar-refractivity contribution in [3.05, 3.63) is 28.8 Å². The van der Waals surface area contributed by atoms with Crippen LogP contribution < -0.4 is 0 Å². The van der Waals surface area contributed by atoms with Crippen molar-refractivity contribution in [1.29, 1.82) is 0 Å². The van der Waals surface area contributed by atoms with Crippen LogP contribution in [0.4, 0.5) is 0 Å². The molecule has 4 rings (SSSR count). The van der Waals surface area contributed by atoms with Gasteiger partial charge < -0.3 is 10.2 Å². The molecule has 5 atom stereocenters. The Balaban J connectivity index is 1.75. The highest BCUT2D eigenvalue weighted by atomic mass is 16.3. The standard InChI is InChI=1S/C19H26O2/c1-11-9-13(20)10-12-3-4-14-15(18(11)12)7-8-19(2)16(14)5-6-17(19)21/h9-10,14-17,20-21H,3-8H2,1-2H3/t14-,15+,16-,17+,19-/m1/s1. The first-order valence-corrected chi connectivity index (χ1v) is 8.51. The number of aryl methyl sites for hydroxylation is 2. The van der Waals surface area contributed by atoms with Gasteiger partial charge in [-0.05, 0) is 97.4 Å². The Hall–Kier alpha value is -1.02. The largest absolute Gasteiger partial charge is 0.508 e. The first-order valence-electron chi connectivity index (χ1n) is 8.51. The molecule has 2 heteroatoms. The summed E-state index contributed by atoms with van der Waals surface area (Å²) in [6, 6.07) is 3.91. The molecule has 0 aromatic heterocycles. The van der Waals surface area contributed by atoms with E-state index >= 15 is 0 Å². The summed E-state index contributed by atoms with van der Waals surface area (Å²) in [6.07, 6.45) is 6.78. The Morgan fingerprint density at radius 2 is 1.95 bits per heavy atom. The van der Waals surface area contributed by atoms with Gasteiger partial charge in [0.15, 0.2) is 0 Å². The fourth-order valence-electron chi connectivity index (χ4n) is 5.93. The van der Waals surface area contributed by atoms with Gasteiger partial charge in [0, 0.05) is 0 Å². The fourth-order valence-corrected chi connectivity index (χ4v) is 5.93. The van der Waals surface area contributed by atoms with Gasteiger partial charge in [0.05, 0.1) is 6.10 Å². The zero-order valence-electron chi connectivity index (χ0n) is 13.1. The Bertz CT molecular complexity index is 579. The van der Waals surface area contributed by atoms with Crippen molar-refractivity contribution in [2.45, 2.75) is 64.4 Å². The molecule has 2 nitrogen and oxygen atoms in total. The predicted molar refractivity (Wildman–Crippen MR) is 83.5 cm³/mol. The zero-order chi connectivity index (χ0) is 14.8. The molecule has 1 aromatic carbocycles. The molecule has 0 aliphatic heterocycles. The van der Waals surface area contributed by atoms with E-state index < -0.39 is 0 Å². The van der Waals surface area contributed by atoms with Gasteiger partial charge in [-0.3, -0.25) is 0 Å². The third-order valence-corrected chi connectivity index (χ3v) is 6.96. The Morgan fingerprint density at radius 3 is 2.76 bits per heavy atom. The summed E-state index contributed by atoms with van der Waals surface area (Å²) in [4.78, 5) is 0. The van der Waals surface area contributed by atoms with Crippen molar-refractivity contribution in [3.8, 4) is 5.75 Å². The molecule has 0 heterocycles. The third kappa shape index (κ3) is 1.81. The Labute approximate surface area is 127 Å². The lowest BCUT2D eigenvalue weighted by molar-refractivity contribution is -0.0227. The van der Waals surface area contributed by atoms with Gasteiger partial charge >= 0.3 is 0 Å². The van der Waals surface area contributed by atoms with Crippen LogP contribution in [0.2, 0.25) is 0 Å². The van der Waals surface area contributed by atoms with E-state index in [-0.39, 0.29) is 11.5 Å². The minimum Gasteiger partial charge on any atom is -0.508 e. The molecule has 2 saturated carbocycles. The van der Waals surface area contributed by atoms with E-state index in [0.29, 0.717) is 17.6 Å². The van der Waals surface area contributed by atoms with E-state index in [1.807, 2.05) is 12.1 Å². The van der Waals surface area contributed by atoms with Crippen LogP contribution in [0.5, 0.6) is 5.75 Å². The lowest BCUT2D eigenvalue weighted by Gasteiger charge is -2.50. The van der Waals surface area contributed by atoms with Crippen LogP contribution in [0.1, 0.15) is 61.6 Å². The van der Waals surface area contributed by atoms with E-state index in [0.717, 1.165) is 25.2 Å². The number of aliphatic hydroxyl groups excluding tert-OH is 1. The molecule has 0 spiro atoms. The Morgan fingerprint density at radius 1 is 1.14 bits per heavy atom. The summed E-state index contributed by atoms with van der Waals surface area (Å²) < 4.78 is 0. The summed E-state index contributed by atoms with van der Waals surface area (Å²) in [5.74, 6) is 2.49. The highest BCUT2D eigenvalue weighted by Gasteiger charge is 2.54. The second-order valence-corrected chi connectivity index (χ2v) is 7.89. The fraction of sp³-hybridized carbons (Fsp3) is 0.684. The van der Waals surface area contributed by atoms with Crippen molar-refractivity contribution < 1.29 is 10.2 Å². The smallest absolute Gasteiger partial charge is 0.116 e. The van der Waals surface area contributed by atoms with Crippen LogP contribution in [-0.4, -0.2) is 16.3 Å². The zero-order valence-corrected chi connectivity index (χ0v) is 13.1. The highest BCUT2D eigenvalue weighted by molar-refractivity contribution is 5.45. The summed E-state index contributed by atoms with van der Waals surface area (Å²) in [7, 11) is 0. The van der Waals surface area contributed by atoms with Gasteiger partial charge in [-0.1, -0.05) is 6.92 Å². The number of fused-ring (bicyclic) bond motifs is 5. The van der Waals surface area contributed by atoms with Gasteiger partial charge in [0.2, 0.25) is 0 Å². The maximum Gasteiger partial charge on any atom is 0.116 e. The summed E-state index contributed by atoms with van der Waals surface area (Å²) in [6.45, 7) is 4.48. The van der Waals surface area contributed by atoms with E-state index in [1.54, 1.807) is 0 Å². The number of rotatable bonds is 0. The van der Waals surface area contributed by atoms with E-state index in [2.05, 4.69) is 13.8 Å². The monoisotopic (exact) mass is 286 g/mol. The van der Waals surface area contributed by atoms with Crippen molar-refractivity contribution in [2.75, 3.05) is 0 Å². The van der Waals surface area contributed by atoms with Crippen molar-refractivity contribution in [1.82, 2.24) is 0 Å². The molecule has 21 heavy (non-hydrogen) atoms. The summed E-state index contributed by atoms with van der Waals surface area (Å²) in [5.41, 5.74) is 4.31. The highest BCUT2D eigenvalue weighted by Crippen LogP contribution is 2.61. The predicted octanol–water partition coefficient (Wildman–Crippen LogP) is 3.92. The second kappa shape index (κ2) is 4.49. The molecule has 0 unspecified atom stereocenters. The Kier molecular flexibility index (Phi) is 2.91. The van der Waals surface area contributed by atoms with Crippen LogP contribution in [0, 0.1) is 24.2 Å². The molecule has 3 aliphatic rings. The molecule has 1 aromatic rings. The van der Waals surface area contributed by atoms with Gasteiger partial charge in [0.1, 0.15) is 5.75 Å². The van der Waals surface area contributed by atoms with Crippen molar-refractivity contribution >= 4 is 0 Å². The van der Waals surface area contributed by atoms with Crippen LogP contribution >= 0.6 is 0 Å². The SMILES string of the molecule is Cc1cc(O)cc2c1[C@H]1CC[C@]3(C)[C@H](CC[C@@H]3O)[C@@H]1CC2. The molecule has 0 bridgehead atoms. The number of aliphatic hydroxyl groups is 1. The molecular formula is C19H26O2. The molecule has 3 aliphatic carbocycles. The number of phenols is 1. The van der Waals surface area contributed by atoms with Crippen LogP contribution in [0.25, 0.3) is 0 Å². The van der Waals surface area contributed by atoms with E-state index in [1.165, 1.54) is 36.0 Å². The maximum absolute atomic E-state index is 10.4. The van der Waals surface area contributed by atoms with Crippen LogP contribution in [0.3, 0.4) is 0 Å². The average molecular weight is 286 g/mol. The number of aromatic hydroxyl groups is 1. The summed E-state index contributed by atoms with van der Waals surface area (Å²) in [5, 5.41) is 20.3. The van der Waals surface area contributed by atoms with Crippen LogP contribution in [-0.2, 0) is 6.42 Å². The minimum atomic E-state index is -0.0919. The number of hydrogen-bond donors (Lipinski definition) is 2. The number of phenolic OH excluding ortho intramolecular Hbond substituents is 1. The van der Waals surface area contributed by atoms with E-state index in [4.69, 9.17) is 0 Å². The molecule has 0 saturated heterocycles. The van der Waals surface area contributed by atoms with Crippen molar-refractivity contribution in [3.63, 3.8) is 0 Å². The van der Waals surface area contributed by atoms with Crippen LogP contribution in [0.15, 0.2) is 12.1 Å². The quantitative estimate of drug-likeness (QED) is 0.759. The van der Waals surface area contributed by atoms with Gasteiger partial charge in [-0.25, -0.2) is 0 Å². The van der Waals surface area contributed by atoms with Gasteiger partial charge in [-0.2, -0.15) is 0 Å². The second-order valence-electron chi connectivity index (χ2n) is 7.89. The lowest BCUT2D eigenvalue weighted by Crippen LogP contribution is -2.44. The molecule has 2 fully saturated rings. The first-order chi connectivity index (χ1) is 10.0. The van der Waals surface area contributed by atoms with E-state index in [9.17, 15) is 10.2 Å².